The molecule has 0 bridgehead atoms. The maximum absolute atomic E-state index is 13.7. The van der Waals surface area contributed by atoms with Gasteiger partial charge in [-0.2, -0.15) is 4.68 Å². The molecule has 3 aliphatic heterocycles. The van der Waals surface area contributed by atoms with Crippen molar-refractivity contribution in [2.24, 2.45) is 15.9 Å². The van der Waals surface area contributed by atoms with Crippen molar-refractivity contribution in [3.63, 3.8) is 0 Å². The minimum Gasteiger partial charge on any atom is -0.303 e. The Hall–Kier alpha value is -4.50. The number of rotatable bonds is 4. The maximum atomic E-state index is 13.7. The van der Waals surface area contributed by atoms with Gasteiger partial charge in [-0.25, -0.2) is 4.99 Å². The number of carbonyl (C=O) groups excluding carboxylic acids is 1. The number of Topliss-reactive ketones (excluding diaryl/α,β-unsaturated/α-hetero) is 1. The van der Waals surface area contributed by atoms with Gasteiger partial charge in [0.25, 0.3) is 5.56 Å². The van der Waals surface area contributed by atoms with Gasteiger partial charge in [0.05, 0.1) is 23.1 Å². The Labute approximate surface area is 239 Å². The second-order valence-electron chi connectivity index (χ2n) is 11.2. The highest BCUT2D eigenvalue weighted by molar-refractivity contribution is 6.40. The van der Waals surface area contributed by atoms with Crippen LogP contribution in [0.25, 0.3) is 22.4 Å². The Morgan fingerprint density at radius 1 is 0.951 bits per heavy atom. The van der Waals surface area contributed by atoms with Crippen LogP contribution in [0.3, 0.4) is 0 Å². The van der Waals surface area contributed by atoms with E-state index in [4.69, 9.17) is 16.6 Å². The van der Waals surface area contributed by atoms with E-state index in [1.54, 1.807) is 23.7 Å². The average Bonchev–Trinajstić information content (AvgIpc) is 3.25. The van der Waals surface area contributed by atoms with Gasteiger partial charge in [-0.3, -0.25) is 14.6 Å². The lowest BCUT2D eigenvalue weighted by atomic mass is 9.93. The summed E-state index contributed by atoms with van der Waals surface area (Å²) in [5.41, 5.74) is 9.92. The molecule has 0 N–H and O–H groups in total. The number of allylic oxidation sites excluding steroid dienone is 2. The molecule has 8 rings (SSSR count). The first-order chi connectivity index (χ1) is 19.9. The highest BCUT2D eigenvalue weighted by Crippen LogP contribution is 2.60. The fourth-order valence-electron chi connectivity index (χ4n) is 6.70. The number of carbonyl (C=O) groups is 1. The minimum atomic E-state index is -0.0575. The molecule has 4 aliphatic rings. The summed E-state index contributed by atoms with van der Waals surface area (Å²) in [6.45, 7) is 3.80. The third-order valence-electron chi connectivity index (χ3n) is 8.79. The zero-order chi connectivity index (χ0) is 28.0. The van der Waals surface area contributed by atoms with Crippen LogP contribution >= 0.6 is 11.6 Å². The topological polar surface area (TPSA) is 107 Å². The van der Waals surface area contributed by atoms with Crippen molar-refractivity contribution in [1.29, 1.82) is 0 Å². The van der Waals surface area contributed by atoms with E-state index in [1.165, 1.54) is 6.33 Å². The lowest BCUT2D eigenvalue weighted by molar-refractivity contribution is -0.112. The highest BCUT2D eigenvalue weighted by Gasteiger charge is 2.54. The average molecular weight is 562 g/mol. The van der Waals surface area contributed by atoms with Gasteiger partial charge in [0.1, 0.15) is 6.33 Å². The Kier molecular flexibility index (Phi) is 5.19. The number of fused-ring (bicyclic) bond motifs is 4. The summed E-state index contributed by atoms with van der Waals surface area (Å²) in [7, 11) is 0. The summed E-state index contributed by atoms with van der Waals surface area (Å²) in [6.07, 6.45) is 3.65. The van der Waals surface area contributed by atoms with Crippen molar-refractivity contribution in [3.8, 4) is 16.8 Å². The summed E-state index contributed by atoms with van der Waals surface area (Å²) in [4.78, 5) is 35.4. The van der Waals surface area contributed by atoms with E-state index in [2.05, 4.69) is 38.7 Å². The molecule has 202 valence electrons. The second kappa shape index (κ2) is 8.75. The molecule has 1 fully saturated rings. The van der Waals surface area contributed by atoms with E-state index in [-0.39, 0.29) is 17.4 Å². The third-order valence-corrected chi connectivity index (χ3v) is 9.03. The van der Waals surface area contributed by atoms with Gasteiger partial charge >= 0.3 is 0 Å². The fraction of sp³-hybridized carbons (Fsp3) is 0.258. The van der Waals surface area contributed by atoms with Gasteiger partial charge in [0.2, 0.25) is 0 Å². The SMILES string of the molecule is CC1=Nc2cc(C3=C(C)N=C(C4C5CC5c5cc(-c6cc(Cl)ccc6-n6cnnn6)cc(=O)n54)C3)ccc2CC1=O. The lowest BCUT2D eigenvalue weighted by Crippen LogP contribution is -2.29. The Bertz CT molecular complexity index is 1970. The number of halogens is 1. The predicted molar refractivity (Wildman–Crippen MR) is 156 cm³/mol. The molecule has 10 heteroatoms. The number of aliphatic imine (C=N–C) groups is 2. The van der Waals surface area contributed by atoms with Gasteiger partial charge in [-0.15, -0.1) is 5.10 Å². The molecule has 1 aliphatic carbocycles. The van der Waals surface area contributed by atoms with Crippen molar-refractivity contribution < 1.29 is 4.79 Å². The summed E-state index contributed by atoms with van der Waals surface area (Å²) in [6, 6.07) is 15.4. The van der Waals surface area contributed by atoms with Crippen LogP contribution in [0.4, 0.5) is 5.69 Å². The highest BCUT2D eigenvalue weighted by atomic mass is 35.5. The number of hydrogen-bond donors (Lipinski definition) is 0. The monoisotopic (exact) mass is 561 g/mol. The molecule has 3 unspecified atom stereocenters. The number of tetrazole rings is 1. The molecule has 2 aromatic carbocycles. The van der Waals surface area contributed by atoms with Gasteiger partial charge in [-0.05, 0) is 89.2 Å². The molecule has 2 aromatic heterocycles. The third kappa shape index (κ3) is 3.79. The molecular weight excluding hydrogens is 538 g/mol. The molecule has 3 atom stereocenters. The Morgan fingerprint density at radius 3 is 2.66 bits per heavy atom. The largest absolute Gasteiger partial charge is 0.303 e. The summed E-state index contributed by atoms with van der Waals surface area (Å²) in [5, 5.41) is 12.1. The molecule has 9 nitrogen and oxygen atoms in total. The molecule has 0 spiro atoms. The quantitative estimate of drug-likeness (QED) is 0.336. The van der Waals surface area contributed by atoms with Gasteiger partial charge in [0, 0.05) is 52.5 Å². The number of pyridine rings is 1. The Morgan fingerprint density at radius 2 is 1.83 bits per heavy atom. The van der Waals surface area contributed by atoms with E-state index in [9.17, 15) is 9.59 Å². The first-order valence-corrected chi connectivity index (χ1v) is 14.0. The molecule has 1 saturated carbocycles. The first-order valence-electron chi connectivity index (χ1n) is 13.6. The molecule has 5 heterocycles. The van der Waals surface area contributed by atoms with Crippen LogP contribution in [-0.2, 0) is 11.2 Å². The summed E-state index contributed by atoms with van der Waals surface area (Å²) >= 11 is 6.38. The van der Waals surface area contributed by atoms with Gasteiger partial charge in [0.15, 0.2) is 5.78 Å². The Balaban J connectivity index is 1.13. The second-order valence-corrected chi connectivity index (χ2v) is 11.7. The molecule has 41 heavy (non-hydrogen) atoms. The van der Waals surface area contributed by atoms with Crippen molar-refractivity contribution in [2.45, 2.75) is 45.1 Å². The molecular formula is C31H24ClN7O2. The van der Waals surface area contributed by atoms with Crippen LogP contribution in [-0.4, -0.2) is 42.0 Å². The van der Waals surface area contributed by atoms with Crippen LogP contribution in [0.1, 0.15) is 55.5 Å². The molecule has 0 saturated heterocycles. The molecule has 0 amide bonds. The zero-order valence-corrected chi connectivity index (χ0v) is 23.1. The van der Waals surface area contributed by atoms with Crippen molar-refractivity contribution >= 4 is 40.1 Å². The fourth-order valence-corrected chi connectivity index (χ4v) is 6.88. The van der Waals surface area contributed by atoms with Crippen LogP contribution in [0.2, 0.25) is 5.02 Å². The summed E-state index contributed by atoms with van der Waals surface area (Å²) in [5.74, 6) is 0.763. The summed E-state index contributed by atoms with van der Waals surface area (Å²) < 4.78 is 3.53. The maximum Gasteiger partial charge on any atom is 0.251 e. The number of benzene rings is 2. The minimum absolute atomic E-state index is 0.0468. The number of aromatic nitrogens is 5. The zero-order valence-electron chi connectivity index (χ0n) is 22.4. The van der Waals surface area contributed by atoms with E-state index in [0.29, 0.717) is 35.4 Å². The lowest BCUT2D eigenvalue weighted by Gasteiger charge is -2.20. The normalized spacial score (nSPS) is 22.3. The van der Waals surface area contributed by atoms with Crippen LogP contribution in [0.15, 0.2) is 75.3 Å². The van der Waals surface area contributed by atoms with Crippen molar-refractivity contribution in [3.05, 3.63) is 92.8 Å². The van der Waals surface area contributed by atoms with E-state index >= 15 is 0 Å². The van der Waals surface area contributed by atoms with E-state index in [1.807, 2.05) is 29.7 Å². The van der Waals surface area contributed by atoms with Crippen LogP contribution in [0, 0.1) is 5.92 Å². The smallest absolute Gasteiger partial charge is 0.251 e. The predicted octanol–water partition coefficient (Wildman–Crippen LogP) is 5.30. The number of hydrogen-bond acceptors (Lipinski definition) is 7. The molecule has 4 aromatic rings. The number of ketones is 1. The number of nitrogens with zero attached hydrogens (tertiary/aromatic N) is 7. The van der Waals surface area contributed by atoms with E-state index < -0.39 is 0 Å². The van der Waals surface area contributed by atoms with E-state index in [0.717, 1.165) is 62.7 Å². The van der Waals surface area contributed by atoms with Gasteiger partial charge < -0.3 is 4.57 Å². The standard InChI is InChI=1S/C31H24ClN7O2/c1-15-21(17-3-4-18-9-29(40)16(2)35-25(18)7-17)13-26(34-15)31-24-12-23(24)28-8-19(10-30(41)39(28)31)22-11-20(32)5-6-27(22)38-14-33-36-37-38/h3-8,10-11,14,23-24,31H,9,12-13H2,1-2H3. The van der Waals surface area contributed by atoms with Crippen LogP contribution < -0.4 is 5.56 Å². The van der Waals surface area contributed by atoms with Crippen LogP contribution in [0.5, 0.6) is 0 Å². The molecule has 0 radical (unpaired) electrons. The first kappa shape index (κ1) is 24.3. The van der Waals surface area contributed by atoms with Crippen molar-refractivity contribution in [2.75, 3.05) is 0 Å². The van der Waals surface area contributed by atoms with Gasteiger partial charge in [-0.1, -0.05) is 23.7 Å². The van der Waals surface area contributed by atoms with Crippen molar-refractivity contribution in [1.82, 2.24) is 24.8 Å².